The van der Waals surface area contributed by atoms with Crippen molar-refractivity contribution in [1.29, 1.82) is 0 Å². The smallest absolute Gasteiger partial charge is 0.160 e. The monoisotopic (exact) mass is 361 g/mol. The third-order valence-corrected chi connectivity index (χ3v) is 1.62. The Labute approximate surface area is 93.7 Å². The molecular formula is C10H12AuO2. The van der Waals surface area contributed by atoms with Crippen molar-refractivity contribution in [2.75, 3.05) is 7.11 Å². The Morgan fingerprint density at radius 1 is 1.54 bits per heavy atom. The molecule has 0 heterocycles. The molecule has 75 valence electrons. The van der Waals surface area contributed by atoms with Crippen molar-refractivity contribution < 1.29 is 32.2 Å². The minimum atomic E-state index is 0. The van der Waals surface area contributed by atoms with Crippen molar-refractivity contribution in [2.45, 2.75) is 6.42 Å². The second-order valence-corrected chi connectivity index (χ2v) is 2.50. The Kier molecular flexibility index (Phi) is 5.55. The topological polar surface area (TPSA) is 29.5 Å². The third-order valence-electron chi connectivity index (χ3n) is 1.62. The molecule has 1 aromatic carbocycles. The number of methoxy groups -OCH3 is 1. The number of hydrogen-bond donors (Lipinski definition) is 1. The first-order valence-electron chi connectivity index (χ1n) is 3.74. The van der Waals surface area contributed by atoms with Crippen molar-refractivity contribution in [1.82, 2.24) is 0 Å². The summed E-state index contributed by atoms with van der Waals surface area (Å²) in [5.41, 5.74) is 1.08. The SMILES string of the molecule is C=CCc1ccc(O)c(OC)c1.[Au]. The first-order valence-corrected chi connectivity index (χ1v) is 3.74. The zero-order valence-electron chi connectivity index (χ0n) is 7.38. The number of benzene rings is 1. The van der Waals surface area contributed by atoms with Gasteiger partial charge in [-0.1, -0.05) is 12.1 Å². The van der Waals surface area contributed by atoms with Crippen molar-refractivity contribution in [3.8, 4) is 11.5 Å². The first-order chi connectivity index (χ1) is 5.77. The van der Waals surface area contributed by atoms with Crippen LogP contribution in [0.2, 0.25) is 0 Å². The van der Waals surface area contributed by atoms with Crippen LogP contribution in [-0.2, 0) is 28.8 Å². The predicted octanol–water partition coefficient (Wildman–Crippen LogP) is 2.13. The van der Waals surface area contributed by atoms with E-state index in [2.05, 4.69) is 6.58 Å². The van der Waals surface area contributed by atoms with Gasteiger partial charge in [0.25, 0.3) is 0 Å². The van der Waals surface area contributed by atoms with Crippen LogP contribution >= 0.6 is 0 Å². The molecule has 0 atom stereocenters. The average Bonchev–Trinajstić information content (AvgIpc) is 2.09. The van der Waals surface area contributed by atoms with Gasteiger partial charge in [0, 0.05) is 22.4 Å². The van der Waals surface area contributed by atoms with Crippen molar-refractivity contribution >= 4 is 0 Å². The van der Waals surface area contributed by atoms with Crippen LogP contribution in [0.3, 0.4) is 0 Å². The molecule has 1 N–H and O–H groups in total. The van der Waals surface area contributed by atoms with E-state index in [0.717, 1.165) is 12.0 Å². The fraction of sp³-hybridized carbons (Fsp3) is 0.200. The molecule has 1 rings (SSSR count). The van der Waals surface area contributed by atoms with Gasteiger partial charge in [0.1, 0.15) is 0 Å². The number of rotatable bonds is 3. The Morgan fingerprint density at radius 3 is 2.77 bits per heavy atom. The van der Waals surface area contributed by atoms with Crippen molar-refractivity contribution in [3.05, 3.63) is 36.4 Å². The molecule has 0 aromatic heterocycles. The van der Waals surface area contributed by atoms with E-state index in [-0.39, 0.29) is 28.1 Å². The molecule has 13 heavy (non-hydrogen) atoms. The Balaban J connectivity index is 0.00000144. The Bertz CT molecular complexity index is 284. The van der Waals surface area contributed by atoms with Gasteiger partial charge in [-0.2, -0.15) is 0 Å². The maximum Gasteiger partial charge on any atom is 0.160 e. The summed E-state index contributed by atoms with van der Waals surface area (Å²) in [6.07, 6.45) is 2.60. The van der Waals surface area contributed by atoms with E-state index in [0.29, 0.717) is 5.75 Å². The summed E-state index contributed by atoms with van der Waals surface area (Å²) in [5, 5.41) is 9.25. The average molecular weight is 361 g/mol. The number of hydrogen-bond acceptors (Lipinski definition) is 2. The molecular weight excluding hydrogens is 349 g/mol. The molecule has 1 aromatic rings. The van der Waals surface area contributed by atoms with Gasteiger partial charge in [0.05, 0.1) is 7.11 Å². The maximum absolute atomic E-state index is 9.25. The molecule has 3 heteroatoms. The third kappa shape index (κ3) is 3.27. The number of phenolic OH excluding ortho intramolecular Hbond substituents is 1. The van der Waals surface area contributed by atoms with Crippen molar-refractivity contribution in [3.63, 3.8) is 0 Å². The van der Waals surface area contributed by atoms with Crippen LogP contribution < -0.4 is 4.74 Å². The van der Waals surface area contributed by atoms with E-state index in [1.165, 1.54) is 7.11 Å². The number of aromatic hydroxyl groups is 1. The minimum Gasteiger partial charge on any atom is -0.504 e. The summed E-state index contributed by atoms with van der Waals surface area (Å²) in [5.74, 6) is 0.680. The predicted molar refractivity (Wildman–Crippen MR) is 48.6 cm³/mol. The minimum absolute atomic E-state index is 0. The number of allylic oxidation sites excluding steroid dienone is 1. The van der Waals surface area contributed by atoms with Gasteiger partial charge < -0.3 is 9.84 Å². The molecule has 0 saturated heterocycles. The summed E-state index contributed by atoms with van der Waals surface area (Å²) in [7, 11) is 1.53. The molecule has 0 aliphatic carbocycles. The quantitative estimate of drug-likeness (QED) is 0.660. The second-order valence-electron chi connectivity index (χ2n) is 2.50. The summed E-state index contributed by atoms with van der Waals surface area (Å²) >= 11 is 0. The fourth-order valence-electron chi connectivity index (χ4n) is 1.02. The molecule has 0 saturated carbocycles. The molecule has 0 aliphatic rings. The molecule has 0 bridgehead atoms. The van der Waals surface area contributed by atoms with Gasteiger partial charge in [-0.3, -0.25) is 0 Å². The largest absolute Gasteiger partial charge is 0.504 e. The Morgan fingerprint density at radius 2 is 2.23 bits per heavy atom. The molecule has 0 aliphatic heterocycles. The van der Waals surface area contributed by atoms with Gasteiger partial charge in [-0.25, -0.2) is 0 Å². The van der Waals surface area contributed by atoms with E-state index in [4.69, 9.17) is 4.74 Å². The van der Waals surface area contributed by atoms with Crippen LogP contribution in [0.4, 0.5) is 0 Å². The van der Waals surface area contributed by atoms with Gasteiger partial charge in [0.2, 0.25) is 0 Å². The van der Waals surface area contributed by atoms with Gasteiger partial charge in [0.15, 0.2) is 11.5 Å². The van der Waals surface area contributed by atoms with Crippen LogP contribution in [0, 0.1) is 0 Å². The standard InChI is InChI=1S/C10H12O2.Au/c1-3-4-8-5-6-9(11)10(7-8)12-2;/h3,5-7,11H,1,4H2,2H3;. The molecule has 1 radical (unpaired) electrons. The van der Waals surface area contributed by atoms with Crippen molar-refractivity contribution in [2.24, 2.45) is 0 Å². The Hall–Kier alpha value is -0.700. The van der Waals surface area contributed by atoms with E-state index in [1.807, 2.05) is 12.1 Å². The fourth-order valence-corrected chi connectivity index (χ4v) is 1.02. The van der Waals surface area contributed by atoms with Crippen LogP contribution in [0.25, 0.3) is 0 Å². The zero-order chi connectivity index (χ0) is 8.97. The van der Waals surface area contributed by atoms with Crippen LogP contribution in [-0.4, -0.2) is 12.2 Å². The molecule has 0 fully saturated rings. The van der Waals surface area contributed by atoms with E-state index in [9.17, 15) is 5.11 Å². The number of ether oxygens (including phenoxy) is 1. The van der Waals surface area contributed by atoms with E-state index in [1.54, 1.807) is 12.1 Å². The number of phenols is 1. The summed E-state index contributed by atoms with van der Waals surface area (Å²) in [4.78, 5) is 0. The zero-order valence-corrected chi connectivity index (χ0v) is 9.55. The van der Waals surface area contributed by atoms with Crippen LogP contribution in [0.15, 0.2) is 30.9 Å². The molecule has 2 nitrogen and oxygen atoms in total. The first kappa shape index (κ1) is 12.3. The maximum atomic E-state index is 9.25. The van der Waals surface area contributed by atoms with Gasteiger partial charge in [-0.05, 0) is 24.1 Å². The molecule has 0 amide bonds. The summed E-state index contributed by atoms with van der Waals surface area (Å²) < 4.78 is 4.95. The summed E-state index contributed by atoms with van der Waals surface area (Å²) in [6.45, 7) is 3.63. The van der Waals surface area contributed by atoms with Crippen LogP contribution in [0.1, 0.15) is 5.56 Å². The van der Waals surface area contributed by atoms with E-state index >= 15 is 0 Å². The van der Waals surface area contributed by atoms with Gasteiger partial charge >= 0.3 is 0 Å². The normalized spacial score (nSPS) is 8.69. The summed E-state index contributed by atoms with van der Waals surface area (Å²) in [6, 6.07) is 5.27. The van der Waals surface area contributed by atoms with Gasteiger partial charge in [-0.15, -0.1) is 6.58 Å². The van der Waals surface area contributed by atoms with E-state index < -0.39 is 0 Å². The molecule has 0 unspecified atom stereocenters. The molecule has 0 spiro atoms. The second kappa shape index (κ2) is 5.86. The van der Waals surface area contributed by atoms with Crippen LogP contribution in [0.5, 0.6) is 11.5 Å².